The van der Waals surface area contributed by atoms with E-state index in [-0.39, 0.29) is 5.97 Å². The van der Waals surface area contributed by atoms with E-state index in [0.717, 1.165) is 0 Å². The first-order valence-corrected chi connectivity index (χ1v) is 5.78. The van der Waals surface area contributed by atoms with E-state index in [9.17, 15) is 4.79 Å². The van der Waals surface area contributed by atoms with E-state index in [1.54, 1.807) is 0 Å². The van der Waals surface area contributed by atoms with Crippen LogP contribution in [0.1, 0.15) is 51.4 Å². The fourth-order valence-corrected chi connectivity index (χ4v) is 1.96. The highest BCUT2D eigenvalue weighted by atomic mass is 16.5. The first kappa shape index (κ1) is 11.5. The topological polar surface area (TPSA) is 26.3 Å². The number of ether oxygens (including phenoxy) is 1. The Kier molecular flexibility index (Phi) is 5.65. The molecule has 1 fully saturated rings. The molecule has 14 heavy (non-hydrogen) atoms. The lowest BCUT2D eigenvalue weighted by molar-refractivity contribution is -0.145. The molecule has 1 rings (SSSR count). The van der Waals surface area contributed by atoms with Gasteiger partial charge in [-0.2, -0.15) is 0 Å². The van der Waals surface area contributed by atoms with Crippen LogP contribution in [0.2, 0.25) is 0 Å². The molecule has 0 saturated heterocycles. The summed E-state index contributed by atoms with van der Waals surface area (Å²) >= 11 is 0. The quantitative estimate of drug-likeness (QED) is 0.511. The second-order valence-corrected chi connectivity index (χ2v) is 4.14. The Bertz CT molecular complexity index is 158. The lowest BCUT2D eigenvalue weighted by atomic mass is 10.0. The molecular weight excluding hydrogens is 176 g/mol. The van der Waals surface area contributed by atoms with Crippen molar-refractivity contribution >= 4 is 5.97 Å². The first-order valence-electron chi connectivity index (χ1n) is 5.78. The zero-order valence-corrected chi connectivity index (χ0v) is 8.96. The van der Waals surface area contributed by atoms with Gasteiger partial charge in [0.1, 0.15) is 0 Å². The highest BCUT2D eigenvalue weighted by Crippen LogP contribution is 2.22. The van der Waals surface area contributed by atoms with Crippen LogP contribution in [0.3, 0.4) is 0 Å². The van der Waals surface area contributed by atoms with E-state index in [1.165, 1.54) is 38.5 Å². The summed E-state index contributed by atoms with van der Waals surface area (Å²) in [4.78, 5) is 11.1. The number of hydrogen-bond acceptors (Lipinski definition) is 2. The van der Waals surface area contributed by atoms with Gasteiger partial charge in [0.05, 0.1) is 6.61 Å². The zero-order valence-electron chi connectivity index (χ0n) is 8.96. The number of carbonyl (C=O) groups excluding carboxylic acids is 1. The Labute approximate surface area is 87.0 Å². The molecule has 1 aliphatic carbocycles. The summed E-state index contributed by atoms with van der Waals surface area (Å²) in [5.41, 5.74) is 0. The van der Waals surface area contributed by atoms with Gasteiger partial charge in [-0.3, -0.25) is 4.79 Å². The second kappa shape index (κ2) is 6.86. The van der Waals surface area contributed by atoms with Gasteiger partial charge in [-0.1, -0.05) is 32.6 Å². The van der Waals surface area contributed by atoms with Gasteiger partial charge in [0.2, 0.25) is 0 Å². The maximum Gasteiger partial charge on any atom is 0.305 e. The molecule has 0 aromatic rings. The Hall–Kier alpha value is -0.530. The predicted molar refractivity (Wildman–Crippen MR) is 56.7 cm³/mol. The molecule has 1 radical (unpaired) electrons. The summed E-state index contributed by atoms with van der Waals surface area (Å²) < 4.78 is 5.20. The molecule has 0 atom stereocenters. The van der Waals surface area contributed by atoms with Crippen LogP contribution in [0.15, 0.2) is 0 Å². The molecule has 1 aliphatic rings. The third kappa shape index (κ3) is 4.64. The molecule has 0 unspecified atom stereocenters. The van der Waals surface area contributed by atoms with Crippen molar-refractivity contribution in [2.45, 2.75) is 51.4 Å². The van der Waals surface area contributed by atoms with Crippen LogP contribution in [0.5, 0.6) is 0 Å². The van der Waals surface area contributed by atoms with Crippen molar-refractivity contribution in [1.29, 1.82) is 0 Å². The Morgan fingerprint density at radius 2 is 1.86 bits per heavy atom. The van der Waals surface area contributed by atoms with E-state index < -0.39 is 0 Å². The standard InChI is InChI=1S/C12H21O2/c1-2-7-12(13)14-10-11-8-5-3-4-6-9-11/h11H,1-10H2. The minimum atomic E-state index is -0.0794. The van der Waals surface area contributed by atoms with E-state index >= 15 is 0 Å². The minimum Gasteiger partial charge on any atom is -0.465 e. The lowest BCUT2D eigenvalue weighted by Crippen LogP contribution is -2.13. The Balaban J connectivity index is 2.12. The molecule has 1 saturated carbocycles. The Morgan fingerprint density at radius 1 is 1.21 bits per heavy atom. The molecule has 81 valence electrons. The van der Waals surface area contributed by atoms with Gasteiger partial charge < -0.3 is 4.74 Å². The van der Waals surface area contributed by atoms with Gasteiger partial charge in [-0.15, -0.1) is 0 Å². The van der Waals surface area contributed by atoms with Crippen LogP contribution < -0.4 is 0 Å². The number of esters is 1. The molecule has 0 heterocycles. The van der Waals surface area contributed by atoms with Crippen molar-refractivity contribution in [2.24, 2.45) is 5.92 Å². The summed E-state index contributed by atoms with van der Waals surface area (Å²) in [6.07, 6.45) is 8.88. The first-order chi connectivity index (χ1) is 6.83. The largest absolute Gasteiger partial charge is 0.465 e. The molecule has 0 N–H and O–H groups in total. The third-order valence-electron chi connectivity index (χ3n) is 2.84. The van der Waals surface area contributed by atoms with Crippen molar-refractivity contribution in [3.05, 3.63) is 6.92 Å². The maximum absolute atomic E-state index is 11.1. The fraction of sp³-hybridized carbons (Fsp3) is 0.833. The van der Waals surface area contributed by atoms with Crippen LogP contribution in [-0.2, 0) is 9.53 Å². The van der Waals surface area contributed by atoms with Gasteiger partial charge in [-0.25, -0.2) is 0 Å². The Morgan fingerprint density at radius 3 is 2.43 bits per heavy atom. The van der Waals surface area contributed by atoms with Crippen LogP contribution in [0.25, 0.3) is 0 Å². The zero-order chi connectivity index (χ0) is 10.2. The molecule has 2 heteroatoms. The second-order valence-electron chi connectivity index (χ2n) is 4.14. The predicted octanol–water partition coefficient (Wildman–Crippen LogP) is 3.11. The highest BCUT2D eigenvalue weighted by molar-refractivity contribution is 5.69. The van der Waals surface area contributed by atoms with Crippen LogP contribution in [0.4, 0.5) is 0 Å². The average molecular weight is 197 g/mol. The summed E-state index contributed by atoms with van der Waals surface area (Å²) in [5, 5.41) is 0. The molecular formula is C12H21O2. The summed E-state index contributed by atoms with van der Waals surface area (Å²) in [5.74, 6) is 0.538. The summed E-state index contributed by atoms with van der Waals surface area (Å²) in [7, 11) is 0. The highest BCUT2D eigenvalue weighted by Gasteiger charge is 2.13. The number of hydrogen-bond donors (Lipinski definition) is 0. The maximum atomic E-state index is 11.1. The lowest BCUT2D eigenvalue weighted by Gasteiger charge is -2.13. The normalized spacial score (nSPS) is 18.9. The van der Waals surface area contributed by atoms with Crippen molar-refractivity contribution in [1.82, 2.24) is 0 Å². The van der Waals surface area contributed by atoms with Gasteiger partial charge >= 0.3 is 5.97 Å². The van der Waals surface area contributed by atoms with E-state index in [0.29, 0.717) is 25.4 Å². The van der Waals surface area contributed by atoms with Crippen LogP contribution in [-0.4, -0.2) is 12.6 Å². The van der Waals surface area contributed by atoms with Gasteiger partial charge in [0.25, 0.3) is 0 Å². The molecule has 0 amide bonds. The third-order valence-corrected chi connectivity index (χ3v) is 2.84. The molecule has 2 nitrogen and oxygen atoms in total. The van der Waals surface area contributed by atoms with E-state index in [1.807, 2.05) is 0 Å². The molecule has 0 aromatic heterocycles. The van der Waals surface area contributed by atoms with Gasteiger partial charge in [0, 0.05) is 6.42 Å². The average Bonchev–Trinajstić information content (AvgIpc) is 2.43. The van der Waals surface area contributed by atoms with Crippen molar-refractivity contribution < 1.29 is 9.53 Å². The SMILES string of the molecule is [CH2]CCC(=O)OCC1CCCCCC1. The molecule has 0 aliphatic heterocycles. The summed E-state index contributed by atoms with van der Waals surface area (Å²) in [6, 6.07) is 0. The summed E-state index contributed by atoms with van der Waals surface area (Å²) in [6.45, 7) is 4.27. The van der Waals surface area contributed by atoms with E-state index in [2.05, 4.69) is 6.92 Å². The monoisotopic (exact) mass is 197 g/mol. The molecule has 0 aromatic carbocycles. The smallest absolute Gasteiger partial charge is 0.305 e. The minimum absolute atomic E-state index is 0.0794. The van der Waals surface area contributed by atoms with Gasteiger partial charge in [-0.05, 0) is 25.2 Å². The van der Waals surface area contributed by atoms with Gasteiger partial charge in [0.15, 0.2) is 0 Å². The number of carbonyl (C=O) groups is 1. The number of rotatable bonds is 4. The van der Waals surface area contributed by atoms with Crippen molar-refractivity contribution in [2.75, 3.05) is 6.61 Å². The fourth-order valence-electron chi connectivity index (χ4n) is 1.96. The van der Waals surface area contributed by atoms with E-state index in [4.69, 9.17) is 4.74 Å². The van der Waals surface area contributed by atoms with Crippen LogP contribution >= 0.6 is 0 Å². The molecule has 0 spiro atoms. The van der Waals surface area contributed by atoms with Crippen molar-refractivity contribution in [3.8, 4) is 0 Å². The van der Waals surface area contributed by atoms with Crippen LogP contribution in [0, 0.1) is 12.8 Å². The molecule has 0 bridgehead atoms. The van der Waals surface area contributed by atoms with Crippen molar-refractivity contribution in [3.63, 3.8) is 0 Å².